The van der Waals surface area contributed by atoms with Gasteiger partial charge in [-0.15, -0.1) is 0 Å². The summed E-state index contributed by atoms with van der Waals surface area (Å²) < 4.78 is 21.3. The lowest BCUT2D eigenvalue weighted by atomic mass is 10.1. The summed E-state index contributed by atoms with van der Waals surface area (Å²) in [5, 5.41) is 9.46. The molecule has 1 N–H and O–H groups in total. The molecule has 0 saturated carbocycles. The maximum Gasteiger partial charge on any atom is 0.365 e. The van der Waals surface area contributed by atoms with E-state index < -0.39 is 5.69 Å². The van der Waals surface area contributed by atoms with Crippen molar-refractivity contribution in [2.24, 2.45) is 0 Å². The van der Waals surface area contributed by atoms with E-state index in [4.69, 9.17) is 4.74 Å². The van der Waals surface area contributed by atoms with Crippen LogP contribution < -0.4 is 10.4 Å². The number of H-pyrrole nitrogens is 1. The van der Waals surface area contributed by atoms with Crippen molar-refractivity contribution in [3.63, 3.8) is 0 Å². The first-order chi connectivity index (χ1) is 11.5. The van der Waals surface area contributed by atoms with Gasteiger partial charge in [0.2, 0.25) is 0 Å². The molecule has 0 spiro atoms. The molecule has 0 unspecified atom stereocenters. The number of aromatic nitrogens is 4. The van der Waals surface area contributed by atoms with Crippen LogP contribution in [0.25, 0.3) is 5.69 Å². The van der Waals surface area contributed by atoms with Crippen LogP contribution >= 0.6 is 0 Å². The fourth-order valence-electron chi connectivity index (χ4n) is 2.54. The lowest BCUT2D eigenvalue weighted by Crippen LogP contribution is -2.18. The molecule has 0 amide bonds. The number of aromatic amines is 1. The van der Waals surface area contributed by atoms with Crippen LogP contribution in [0.1, 0.15) is 22.3 Å². The zero-order chi connectivity index (χ0) is 17.3. The van der Waals surface area contributed by atoms with E-state index in [0.29, 0.717) is 16.8 Å². The van der Waals surface area contributed by atoms with Crippen LogP contribution in [0.3, 0.4) is 0 Å². The van der Waals surface area contributed by atoms with Crippen molar-refractivity contribution in [1.82, 2.24) is 20.2 Å². The molecule has 0 atom stereocenters. The molecule has 0 aliphatic carbocycles. The third kappa shape index (κ3) is 2.80. The predicted molar refractivity (Wildman–Crippen MR) is 86.9 cm³/mol. The molecule has 3 rings (SSSR count). The number of nitrogens with zero attached hydrogens (tertiary/aromatic N) is 3. The number of ether oxygens (including phenoxy) is 1. The van der Waals surface area contributed by atoms with E-state index >= 15 is 0 Å². The molecule has 7 heteroatoms. The normalized spacial score (nSPS) is 10.8. The highest BCUT2D eigenvalue weighted by molar-refractivity contribution is 5.44. The number of halogens is 1. The van der Waals surface area contributed by atoms with Crippen molar-refractivity contribution >= 4 is 0 Å². The summed E-state index contributed by atoms with van der Waals surface area (Å²) in [7, 11) is 0. The number of hydrogen-bond donors (Lipinski definition) is 1. The Bertz CT molecular complexity index is 946. The van der Waals surface area contributed by atoms with Crippen LogP contribution in [0.5, 0.6) is 5.75 Å². The summed E-state index contributed by atoms with van der Waals surface area (Å²) >= 11 is 0. The average Bonchev–Trinajstić information content (AvgIpc) is 2.99. The third-order valence-electron chi connectivity index (χ3n) is 3.98. The smallest absolute Gasteiger partial charge is 0.365 e. The highest BCUT2D eigenvalue weighted by Gasteiger charge is 2.15. The van der Waals surface area contributed by atoms with Gasteiger partial charge < -0.3 is 4.74 Å². The Labute approximate surface area is 137 Å². The number of aryl methyl sites for hydroxylation is 2. The number of tetrazole rings is 1. The predicted octanol–water partition coefficient (Wildman–Crippen LogP) is 2.60. The van der Waals surface area contributed by atoms with E-state index in [2.05, 4.69) is 15.5 Å². The molecular weight excluding hydrogens is 311 g/mol. The Morgan fingerprint density at radius 2 is 1.96 bits per heavy atom. The van der Waals surface area contributed by atoms with Gasteiger partial charge in [-0.3, -0.25) is 0 Å². The van der Waals surface area contributed by atoms with Gasteiger partial charge in [0.1, 0.15) is 6.61 Å². The summed E-state index contributed by atoms with van der Waals surface area (Å²) in [4.78, 5) is 11.7. The van der Waals surface area contributed by atoms with Crippen LogP contribution in [0.4, 0.5) is 4.39 Å². The Morgan fingerprint density at radius 1 is 1.21 bits per heavy atom. The van der Waals surface area contributed by atoms with Crippen molar-refractivity contribution < 1.29 is 9.13 Å². The lowest BCUT2D eigenvalue weighted by Gasteiger charge is -2.15. The van der Waals surface area contributed by atoms with Gasteiger partial charge in [0.05, 0.1) is 5.69 Å². The van der Waals surface area contributed by atoms with E-state index in [1.807, 2.05) is 19.1 Å². The fourth-order valence-corrected chi connectivity index (χ4v) is 2.54. The maximum absolute atomic E-state index is 14.5. The first-order valence-electron chi connectivity index (χ1n) is 7.46. The Hall–Kier alpha value is -2.96. The van der Waals surface area contributed by atoms with Gasteiger partial charge in [0.15, 0.2) is 11.6 Å². The van der Waals surface area contributed by atoms with E-state index in [0.717, 1.165) is 15.8 Å². The van der Waals surface area contributed by atoms with Gasteiger partial charge >= 0.3 is 5.69 Å². The first kappa shape index (κ1) is 15.9. The van der Waals surface area contributed by atoms with Crippen LogP contribution in [-0.2, 0) is 6.61 Å². The molecule has 1 heterocycles. The summed E-state index contributed by atoms with van der Waals surface area (Å²) in [6.45, 7) is 5.50. The number of rotatable bonds is 4. The Morgan fingerprint density at radius 3 is 2.67 bits per heavy atom. The van der Waals surface area contributed by atoms with Crippen LogP contribution in [-0.4, -0.2) is 20.2 Å². The number of nitrogens with one attached hydrogen (secondary N) is 1. The average molecular weight is 328 g/mol. The molecule has 1 aromatic heterocycles. The van der Waals surface area contributed by atoms with Gasteiger partial charge in [-0.2, -0.15) is 4.68 Å². The molecule has 0 fully saturated rings. The minimum atomic E-state index is -0.448. The number of benzene rings is 2. The third-order valence-corrected chi connectivity index (χ3v) is 3.98. The minimum absolute atomic E-state index is 0.107. The SMILES string of the molecule is Cc1cc(C)c(OCc2ccccc2-n2nn[nH]c2=O)c(F)c1C. The highest BCUT2D eigenvalue weighted by Crippen LogP contribution is 2.28. The molecule has 124 valence electrons. The van der Waals surface area contributed by atoms with Gasteiger partial charge in [0.25, 0.3) is 0 Å². The quantitative estimate of drug-likeness (QED) is 0.799. The molecule has 24 heavy (non-hydrogen) atoms. The molecule has 2 aromatic carbocycles. The number of para-hydroxylation sites is 1. The zero-order valence-electron chi connectivity index (χ0n) is 13.6. The second-order valence-electron chi connectivity index (χ2n) is 5.61. The van der Waals surface area contributed by atoms with E-state index in [1.165, 1.54) is 0 Å². The number of hydrogen-bond acceptors (Lipinski definition) is 4. The van der Waals surface area contributed by atoms with E-state index in [1.54, 1.807) is 32.0 Å². The molecule has 0 aliphatic heterocycles. The van der Waals surface area contributed by atoms with Gasteiger partial charge in [0, 0.05) is 5.56 Å². The topological polar surface area (TPSA) is 72.8 Å². The Kier molecular flexibility index (Phi) is 4.16. The monoisotopic (exact) mass is 328 g/mol. The molecule has 0 saturated heterocycles. The largest absolute Gasteiger partial charge is 0.485 e. The van der Waals surface area contributed by atoms with Crippen molar-refractivity contribution in [1.29, 1.82) is 0 Å². The van der Waals surface area contributed by atoms with Crippen LogP contribution in [0, 0.1) is 26.6 Å². The molecule has 0 bridgehead atoms. The Balaban J connectivity index is 1.94. The molecule has 0 aliphatic rings. The van der Waals surface area contributed by atoms with E-state index in [-0.39, 0.29) is 18.2 Å². The standard InChI is InChI=1S/C17H17FN4O2/c1-10-8-11(2)16(15(18)12(10)3)24-9-13-6-4-5-7-14(13)22-17(23)19-20-21-22/h4-8H,9H2,1-3H3,(H,19,21,23). The van der Waals surface area contributed by atoms with Crippen LogP contribution in [0.2, 0.25) is 0 Å². The second kappa shape index (κ2) is 6.27. The van der Waals surface area contributed by atoms with Gasteiger partial charge in [-0.25, -0.2) is 14.3 Å². The van der Waals surface area contributed by atoms with Crippen LogP contribution in [0.15, 0.2) is 35.1 Å². The molecule has 6 nitrogen and oxygen atoms in total. The fraction of sp³-hybridized carbons (Fsp3) is 0.235. The van der Waals surface area contributed by atoms with Crippen molar-refractivity contribution in [2.45, 2.75) is 27.4 Å². The summed E-state index contributed by atoms with van der Waals surface area (Å²) in [6.07, 6.45) is 0. The second-order valence-corrected chi connectivity index (χ2v) is 5.61. The van der Waals surface area contributed by atoms with Gasteiger partial charge in [-0.05, 0) is 54.0 Å². The zero-order valence-corrected chi connectivity index (χ0v) is 13.6. The molecule has 3 aromatic rings. The van der Waals surface area contributed by atoms with Gasteiger partial charge in [-0.1, -0.05) is 24.3 Å². The summed E-state index contributed by atoms with van der Waals surface area (Å²) in [5.74, 6) is -0.135. The first-order valence-corrected chi connectivity index (χ1v) is 7.46. The molecule has 0 radical (unpaired) electrons. The van der Waals surface area contributed by atoms with Crippen molar-refractivity contribution in [3.05, 3.63) is 68.9 Å². The summed E-state index contributed by atoms with van der Waals surface area (Å²) in [6, 6.07) is 9.01. The van der Waals surface area contributed by atoms with Crippen molar-refractivity contribution in [2.75, 3.05) is 0 Å². The maximum atomic E-state index is 14.5. The summed E-state index contributed by atoms with van der Waals surface area (Å²) in [5.41, 5.74) is 2.97. The minimum Gasteiger partial charge on any atom is -0.485 e. The highest BCUT2D eigenvalue weighted by atomic mass is 19.1. The van der Waals surface area contributed by atoms with Crippen molar-refractivity contribution in [3.8, 4) is 11.4 Å². The van der Waals surface area contributed by atoms with E-state index in [9.17, 15) is 9.18 Å². The lowest BCUT2D eigenvalue weighted by molar-refractivity contribution is 0.286. The molecular formula is C17H17FN4O2.